The number of thioether (sulfide) groups is 1. The summed E-state index contributed by atoms with van der Waals surface area (Å²) in [6, 6.07) is 23.4. The van der Waals surface area contributed by atoms with Gasteiger partial charge in [-0.2, -0.15) is 0 Å². The van der Waals surface area contributed by atoms with Crippen molar-refractivity contribution in [2.75, 3.05) is 11.1 Å². The number of carbonyl (C=O) groups is 2. The maximum Gasteiger partial charge on any atom is 0.251 e. The molecule has 8 heteroatoms. The Kier molecular flexibility index (Phi) is 6.86. The van der Waals surface area contributed by atoms with Crippen LogP contribution in [-0.4, -0.2) is 38.4 Å². The smallest absolute Gasteiger partial charge is 0.251 e. The number of nitrogens with zero attached hydrogens (tertiary/aromatic N) is 3. The Hall–Kier alpha value is -3.91. The van der Waals surface area contributed by atoms with Gasteiger partial charge >= 0.3 is 0 Å². The van der Waals surface area contributed by atoms with Crippen molar-refractivity contribution in [3.8, 4) is 17.1 Å². The summed E-state index contributed by atoms with van der Waals surface area (Å²) in [7, 11) is 0. The van der Waals surface area contributed by atoms with E-state index in [4.69, 9.17) is 0 Å². The first kappa shape index (κ1) is 23.8. The van der Waals surface area contributed by atoms with Crippen molar-refractivity contribution in [3.05, 3.63) is 89.5 Å². The average Bonchev–Trinajstić information content (AvgIpc) is 3.60. The van der Waals surface area contributed by atoms with Crippen molar-refractivity contribution < 1.29 is 9.59 Å². The molecule has 1 heterocycles. The first-order valence-electron chi connectivity index (χ1n) is 11.9. The number of nitrogens with one attached hydrogen (secondary N) is 2. The lowest BCUT2D eigenvalue weighted by atomic mass is 10.1. The Morgan fingerprint density at radius 1 is 0.944 bits per heavy atom. The van der Waals surface area contributed by atoms with Crippen LogP contribution in [-0.2, 0) is 4.79 Å². The minimum Gasteiger partial charge on any atom is -0.349 e. The summed E-state index contributed by atoms with van der Waals surface area (Å²) >= 11 is 1.32. The van der Waals surface area contributed by atoms with Crippen LogP contribution >= 0.6 is 11.8 Å². The minimum atomic E-state index is -0.185. The molecule has 1 aromatic heterocycles. The molecule has 0 unspecified atom stereocenters. The summed E-state index contributed by atoms with van der Waals surface area (Å²) in [5, 5.41) is 15.4. The third-order valence-corrected chi connectivity index (χ3v) is 7.00. The molecule has 0 spiro atoms. The molecule has 2 amide bonds. The summed E-state index contributed by atoms with van der Waals surface area (Å²) in [4.78, 5) is 25.1. The molecule has 1 aliphatic carbocycles. The molecule has 0 saturated heterocycles. The van der Waals surface area contributed by atoms with Gasteiger partial charge in [-0.25, -0.2) is 0 Å². The quantitative estimate of drug-likeness (QED) is 0.328. The van der Waals surface area contributed by atoms with Gasteiger partial charge in [0.2, 0.25) is 5.91 Å². The molecule has 1 aliphatic rings. The van der Waals surface area contributed by atoms with Crippen molar-refractivity contribution in [2.45, 2.75) is 37.9 Å². The van der Waals surface area contributed by atoms with Crippen LogP contribution in [0.15, 0.2) is 78.0 Å². The minimum absolute atomic E-state index is 0.113. The lowest BCUT2D eigenvalue weighted by Crippen LogP contribution is -2.25. The van der Waals surface area contributed by atoms with Gasteiger partial charge in [0.1, 0.15) is 0 Å². The van der Waals surface area contributed by atoms with Gasteiger partial charge in [0.25, 0.3) is 5.91 Å². The summed E-state index contributed by atoms with van der Waals surface area (Å²) in [5.41, 5.74) is 5.38. The fourth-order valence-electron chi connectivity index (χ4n) is 3.80. The van der Waals surface area contributed by atoms with Gasteiger partial charge in [0, 0.05) is 22.9 Å². The van der Waals surface area contributed by atoms with Gasteiger partial charge in [-0.1, -0.05) is 54.2 Å². The van der Waals surface area contributed by atoms with E-state index in [0.717, 1.165) is 29.9 Å². The molecule has 5 rings (SSSR count). The Morgan fingerprint density at radius 2 is 1.75 bits per heavy atom. The first-order valence-corrected chi connectivity index (χ1v) is 12.9. The molecule has 1 saturated carbocycles. The second kappa shape index (κ2) is 10.4. The van der Waals surface area contributed by atoms with E-state index in [2.05, 4.69) is 46.8 Å². The highest BCUT2D eigenvalue weighted by Gasteiger charge is 2.24. The molecule has 2 N–H and O–H groups in total. The zero-order valence-electron chi connectivity index (χ0n) is 20.2. The molecule has 0 bridgehead atoms. The number of rotatable bonds is 8. The van der Waals surface area contributed by atoms with Crippen molar-refractivity contribution in [1.82, 2.24) is 20.1 Å². The summed E-state index contributed by atoms with van der Waals surface area (Å²) in [5.74, 6) is 0.570. The summed E-state index contributed by atoms with van der Waals surface area (Å²) in [6.45, 7) is 4.15. The number of aromatic nitrogens is 3. The highest BCUT2D eigenvalue weighted by Crippen LogP contribution is 2.29. The maximum absolute atomic E-state index is 12.8. The Balaban J connectivity index is 1.33. The van der Waals surface area contributed by atoms with Crippen LogP contribution in [0.4, 0.5) is 5.69 Å². The molecule has 7 nitrogen and oxygen atoms in total. The standard InChI is InChI=1S/C28H27N5O2S/c1-18-11-14-24(15-19(18)2)33-26(20-7-4-3-5-8-20)31-32-28(33)36-17-25(34)29-23-10-6-9-21(16-23)27(35)30-22-12-13-22/h3-11,14-16,22H,12-13,17H2,1-2H3,(H,29,34)(H,30,35). The molecule has 3 aromatic carbocycles. The van der Waals surface area contributed by atoms with Gasteiger partial charge < -0.3 is 10.6 Å². The van der Waals surface area contributed by atoms with Crippen LogP contribution in [0.1, 0.15) is 34.3 Å². The third kappa shape index (κ3) is 5.49. The number of aryl methyl sites for hydroxylation is 2. The largest absolute Gasteiger partial charge is 0.349 e. The van der Waals surface area contributed by atoms with E-state index >= 15 is 0 Å². The van der Waals surface area contributed by atoms with Gasteiger partial charge in [-0.3, -0.25) is 14.2 Å². The van der Waals surface area contributed by atoms with E-state index in [9.17, 15) is 9.59 Å². The molecule has 0 radical (unpaired) electrons. The van der Waals surface area contributed by atoms with Gasteiger partial charge in [-0.05, 0) is 68.1 Å². The Morgan fingerprint density at radius 3 is 2.50 bits per heavy atom. The maximum atomic E-state index is 12.8. The van der Waals surface area contributed by atoms with E-state index in [1.54, 1.807) is 24.3 Å². The zero-order valence-corrected chi connectivity index (χ0v) is 21.0. The average molecular weight is 498 g/mol. The van der Waals surface area contributed by atoms with E-state index in [1.165, 1.54) is 22.9 Å². The summed E-state index contributed by atoms with van der Waals surface area (Å²) < 4.78 is 1.99. The number of hydrogen-bond acceptors (Lipinski definition) is 5. The van der Waals surface area contributed by atoms with E-state index in [-0.39, 0.29) is 23.6 Å². The number of hydrogen-bond donors (Lipinski definition) is 2. The van der Waals surface area contributed by atoms with E-state index < -0.39 is 0 Å². The van der Waals surface area contributed by atoms with Crippen molar-refractivity contribution >= 4 is 29.3 Å². The number of anilines is 1. The highest BCUT2D eigenvalue weighted by molar-refractivity contribution is 7.99. The molecular formula is C28H27N5O2S. The number of amides is 2. The fourth-order valence-corrected chi connectivity index (χ4v) is 4.55. The number of benzene rings is 3. The van der Waals surface area contributed by atoms with Crippen molar-refractivity contribution in [3.63, 3.8) is 0 Å². The van der Waals surface area contributed by atoms with Crippen LogP contribution in [0.25, 0.3) is 17.1 Å². The lowest BCUT2D eigenvalue weighted by Gasteiger charge is -2.12. The fraction of sp³-hybridized carbons (Fsp3) is 0.214. The lowest BCUT2D eigenvalue weighted by molar-refractivity contribution is -0.113. The van der Waals surface area contributed by atoms with Crippen LogP contribution in [0.5, 0.6) is 0 Å². The first-order chi connectivity index (χ1) is 17.5. The Labute approximate surface area is 214 Å². The second-order valence-electron chi connectivity index (χ2n) is 8.94. The molecule has 4 aromatic rings. The topological polar surface area (TPSA) is 88.9 Å². The molecule has 182 valence electrons. The van der Waals surface area contributed by atoms with Gasteiger partial charge in [-0.15, -0.1) is 10.2 Å². The van der Waals surface area contributed by atoms with Crippen LogP contribution in [0.2, 0.25) is 0 Å². The van der Waals surface area contributed by atoms with Crippen molar-refractivity contribution in [1.29, 1.82) is 0 Å². The molecule has 0 atom stereocenters. The van der Waals surface area contributed by atoms with Crippen LogP contribution in [0.3, 0.4) is 0 Å². The van der Waals surface area contributed by atoms with Crippen LogP contribution in [0, 0.1) is 13.8 Å². The van der Waals surface area contributed by atoms with E-state index in [1.807, 2.05) is 41.0 Å². The predicted octanol–water partition coefficient (Wildman–Crippen LogP) is 5.17. The highest BCUT2D eigenvalue weighted by atomic mass is 32.2. The summed E-state index contributed by atoms with van der Waals surface area (Å²) in [6.07, 6.45) is 2.05. The van der Waals surface area contributed by atoms with Gasteiger partial charge in [0.05, 0.1) is 11.4 Å². The van der Waals surface area contributed by atoms with Gasteiger partial charge in [0.15, 0.2) is 11.0 Å². The second-order valence-corrected chi connectivity index (χ2v) is 9.88. The third-order valence-electron chi connectivity index (χ3n) is 6.07. The normalized spacial score (nSPS) is 12.8. The SMILES string of the molecule is Cc1ccc(-n2c(SCC(=O)Nc3cccc(C(=O)NC4CC4)c3)nnc2-c2ccccc2)cc1C. The Bertz CT molecular complexity index is 1410. The zero-order chi connectivity index (χ0) is 25.1. The molecule has 0 aliphatic heterocycles. The van der Waals surface area contributed by atoms with Crippen LogP contribution < -0.4 is 10.6 Å². The molecular weight excluding hydrogens is 470 g/mol. The number of carbonyl (C=O) groups excluding carboxylic acids is 2. The predicted molar refractivity (Wildman–Crippen MR) is 143 cm³/mol. The molecule has 1 fully saturated rings. The monoisotopic (exact) mass is 497 g/mol. The van der Waals surface area contributed by atoms with E-state index in [0.29, 0.717) is 16.4 Å². The van der Waals surface area contributed by atoms with Crippen molar-refractivity contribution in [2.24, 2.45) is 0 Å². The molecule has 36 heavy (non-hydrogen) atoms.